The lowest BCUT2D eigenvalue weighted by Crippen LogP contribution is -2.60. The first-order valence-electron chi connectivity index (χ1n) is 10.2. The Bertz CT molecular complexity index is 1340. The third-order valence-electron chi connectivity index (χ3n) is 6.11. The zero-order chi connectivity index (χ0) is 23.5. The van der Waals surface area contributed by atoms with Crippen LogP contribution in [0, 0.1) is 10.1 Å². The van der Waals surface area contributed by atoms with Crippen molar-refractivity contribution in [2.24, 2.45) is 0 Å². The van der Waals surface area contributed by atoms with Crippen LogP contribution < -0.4 is 10.1 Å². The summed E-state index contributed by atoms with van der Waals surface area (Å²) in [7, 11) is 0. The number of nitrogens with zero attached hydrogens (tertiary/aromatic N) is 3. The van der Waals surface area contributed by atoms with E-state index in [1.165, 1.54) is 36.8 Å². The molecule has 1 aromatic heterocycles. The Labute approximate surface area is 187 Å². The smallest absolute Gasteiger partial charge is 0.280 e. The maximum Gasteiger partial charge on any atom is 0.280 e. The number of nitrogens with one attached hydrogen (secondary N) is 1. The number of benzene rings is 2. The molecule has 2 heterocycles. The molecule has 0 bridgehead atoms. The Morgan fingerprint density at radius 1 is 1.21 bits per heavy atom. The highest BCUT2D eigenvalue weighted by molar-refractivity contribution is 6.15. The van der Waals surface area contributed by atoms with Gasteiger partial charge in [-0.2, -0.15) is 0 Å². The summed E-state index contributed by atoms with van der Waals surface area (Å²) in [6.45, 7) is 3.95. The summed E-state index contributed by atoms with van der Waals surface area (Å²) in [5, 5.41) is 26.1. The highest BCUT2D eigenvalue weighted by atomic mass is 16.6. The molecule has 1 aliphatic carbocycles. The largest absolute Gasteiger partial charge is 0.454 e. The lowest BCUT2D eigenvalue weighted by atomic mass is 9.82. The van der Waals surface area contributed by atoms with Gasteiger partial charge in [0.2, 0.25) is 11.3 Å². The second-order valence-corrected chi connectivity index (χ2v) is 8.24. The molecule has 2 N–H and O–H groups in total. The lowest BCUT2D eigenvalue weighted by molar-refractivity contribution is -0.385. The monoisotopic (exact) mass is 446 g/mol. The molecule has 2 atom stereocenters. The molecule has 5 rings (SSSR count). The summed E-state index contributed by atoms with van der Waals surface area (Å²) in [6.07, 6.45) is 3.90. The number of aromatic nitrogens is 2. The molecule has 166 valence electrons. The molecule has 0 fully saturated rings. The van der Waals surface area contributed by atoms with Crippen molar-refractivity contribution in [3.63, 3.8) is 0 Å². The van der Waals surface area contributed by atoms with Crippen molar-refractivity contribution >= 4 is 17.4 Å². The van der Waals surface area contributed by atoms with Gasteiger partial charge in [-0.3, -0.25) is 24.7 Å². The van der Waals surface area contributed by atoms with Gasteiger partial charge in [0.15, 0.2) is 0 Å². The third kappa shape index (κ3) is 2.64. The topological polar surface area (TPSA) is 145 Å². The van der Waals surface area contributed by atoms with Gasteiger partial charge in [-0.15, -0.1) is 0 Å². The van der Waals surface area contributed by atoms with E-state index in [2.05, 4.69) is 15.3 Å². The molecule has 33 heavy (non-hydrogen) atoms. The van der Waals surface area contributed by atoms with E-state index in [4.69, 9.17) is 4.74 Å². The first kappa shape index (κ1) is 20.7. The number of fused-ring (bicyclic) bond motifs is 5. The van der Waals surface area contributed by atoms with E-state index >= 15 is 0 Å². The minimum absolute atomic E-state index is 0.0940. The molecule has 0 spiro atoms. The number of carbonyl (C=O) groups is 2. The number of nitro groups is 1. The molecule has 10 heteroatoms. The number of hydrogen-bond donors (Lipinski definition) is 2. The highest BCUT2D eigenvalue weighted by Gasteiger charge is 2.73. The number of amides is 1. The fourth-order valence-electron chi connectivity index (χ4n) is 4.50. The fourth-order valence-corrected chi connectivity index (χ4v) is 4.50. The molecule has 0 saturated heterocycles. The molecule has 0 radical (unpaired) electrons. The number of ether oxygens (including phenoxy) is 1. The zero-order valence-electron chi connectivity index (χ0n) is 17.6. The maximum absolute atomic E-state index is 13.9. The third-order valence-corrected chi connectivity index (χ3v) is 6.11. The number of hydrogen-bond acceptors (Lipinski definition) is 8. The van der Waals surface area contributed by atoms with Crippen molar-refractivity contribution in [3.05, 3.63) is 93.1 Å². The Morgan fingerprint density at radius 2 is 2.00 bits per heavy atom. The summed E-state index contributed by atoms with van der Waals surface area (Å²) < 4.78 is 5.94. The molecule has 1 aliphatic heterocycles. The predicted octanol–water partition coefficient (Wildman–Crippen LogP) is 2.57. The molecular formula is C23H18N4O6. The van der Waals surface area contributed by atoms with Crippen LogP contribution in [-0.4, -0.2) is 31.7 Å². The maximum atomic E-state index is 13.9. The van der Waals surface area contributed by atoms with Gasteiger partial charge in [0.1, 0.15) is 17.0 Å². The van der Waals surface area contributed by atoms with Gasteiger partial charge in [-0.05, 0) is 17.5 Å². The number of rotatable bonds is 4. The summed E-state index contributed by atoms with van der Waals surface area (Å²) in [6, 6.07) is 8.95. The fraction of sp³-hybridized carbons (Fsp3) is 0.217. The second kappa shape index (κ2) is 6.91. The number of ketones is 1. The van der Waals surface area contributed by atoms with Gasteiger partial charge in [0, 0.05) is 29.6 Å². The Kier molecular flexibility index (Phi) is 4.34. The molecule has 10 nitrogen and oxygen atoms in total. The quantitative estimate of drug-likeness (QED) is 0.459. The standard InChI is InChI=1S/C23H18N4O6/c1-12(2)13-6-7-14-18(10-13)33-23(30)15-4-3-5-17(27(31)32)19(15)20(28)22(14,23)26-21(29)16-11-24-8-9-25-16/h3-12,30H,1-2H3,(H,26,29). The van der Waals surface area contributed by atoms with E-state index < -0.39 is 33.6 Å². The first-order valence-corrected chi connectivity index (χ1v) is 10.2. The van der Waals surface area contributed by atoms with Crippen LogP contribution in [0.25, 0.3) is 0 Å². The van der Waals surface area contributed by atoms with Crippen molar-refractivity contribution in [1.82, 2.24) is 15.3 Å². The van der Waals surface area contributed by atoms with Crippen LogP contribution in [0.2, 0.25) is 0 Å². The molecule has 0 saturated carbocycles. The van der Waals surface area contributed by atoms with Gasteiger partial charge in [-0.25, -0.2) is 4.98 Å². The summed E-state index contributed by atoms with van der Waals surface area (Å²) in [5.41, 5.74) is -2.06. The lowest BCUT2D eigenvalue weighted by Gasteiger charge is -2.34. The van der Waals surface area contributed by atoms with E-state index in [-0.39, 0.29) is 34.1 Å². The number of Topliss-reactive ketones (excluding diaryl/α,β-unsaturated/α-hetero) is 1. The van der Waals surface area contributed by atoms with Crippen LogP contribution in [0.5, 0.6) is 5.75 Å². The van der Waals surface area contributed by atoms with Crippen LogP contribution >= 0.6 is 0 Å². The minimum atomic E-state index is -2.40. The normalized spacial score (nSPS) is 22.4. The van der Waals surface area contributed by atoms with Crippen molar-refractivity contribution in [3.8, 4) is 5.75 Å². The SMILES string of the molecule is CC(C)c1ccc2c(c1)OC1(O)c3cccc([N+](=O)[O-])c3C(=O)C21NC(=O)c1cnccn1. The Balaban J connectivity index is 1.76. The number of aliphatic hydroxyl groups is 1. The zero-order valence-corrected chi connectivity index (χ0v) is 17.6. The van der Waals surface area contributed by atoms with Crippen LogP contribution in [0.3, 0.4) is 0 Å². The number of nitro benzene ring substituents is 1. The average molecular weight is 446 g/mol. The average Bonchev–Trinajstić information content (AvgIpc) is 3.16. The molecule has 2 aromatic carbocycles. The summed E-state index contributed by atoms with van der Waals surface area (Å²) in [5.74, 6) is -3.71. The van der Waals surface area contributed by atoms with E-state index in [1.54, 1.807) is 18.2 Å². The minimum Gasteiger partial charge on any atom is -0.454 e. The predicted molar refractivity (Wildman–Crippen MR) is 114 cm³/mol. The van der Waals surface area contributed by atoms with Crippen molar-refractivity contribution < 1.29 is 24.4 Å². The Morgan fingerprint density at radius 3 is 2.67 bits per heavy atom. The van der Waals surface area contributed by atoms with Crippen LogP contribution in [0.15, 0.2) is 55.0 Å². The van der Waals surface area contributed by atoms with Crippen molar-refractivity contribution in [2.75, 3.05) is 0 Å². The van der Waals surface area contributed by atoms with Crippen molar-refractivity contribution in [1.29, 1.82) is 0 Å². The molecule has 1 amide bonds. The summed E-state index contributed by atoms with van der Waals surface area (Å²) >= 11 is 0. The van der Waals surface area contributed by atoms with Crippen molar-refractivity contribution in [2.45, 2.75) is 31.1 Å². The van der Waals surface area contributed by atoms with Gasteiger partial charge in [0.05, 0.1) is 11.1 Å². The van der Waals surface area contributed by atoms with Crippen LogP contribution in [0.4, 0.5) is 5.69 Å². The van der Waals surface area contributed by atoms with Gasteiger partial charge < -0.3 is 15.2 Å². The van der Waals surface area contributed by atoms with E-state index in [0.29, 0.717) is 0 Å². The molecule has 2 unspecified atom stereocenters. The van der Waals surface area contributed by atoms with Crippen LogP contribution in [0.1, 0.15) is 57.3 Å². The molecule has 3 aromatic rings. The van der Waals surface area contributed by atoms with Gasteiger partial charge in [-0.1, -0.05) is 38.1 Å². The molecule has 2 aliphatic rings. The Hall–Kier alpha value is -4.18. The van der Waals surface area contributed by atoms with Gasteiger partial charge in [0.25, 0.3) is 17.4 Å². The van der Waals surface area contributed by atoms with E-state index in [0.717, 1.165) is 5.56 Å². The highest BCUT2D eigenvalue weighted by Crippen LogP contribution is 2.59. The molecular weight excluding hydrogens is 428 g/mol. The van der Waals surface area contributed by atoms with E-state index in [9.17, 15) is 24.8 Å². The first-order chi connectivity index (χ1) is 15.7. The van der Waals surface area contributed by atoms with E-state index in [1.807, 2.05) is 13.8 Å². The number of carbonyl (C=O) groups excluding carboxylic acids is 2. The second-order valence-electron chi connectivity index (χ2n) is 8.24. The summed E-state index contributed by atoms with van der Waals surface area (Å²) in [4.78, 5) is 45.8. The van der Waals surface area contributed by atoms with Crippen LogP contribution in [-0.2, 0) is 11.3 Å². The van der Waals surface area contributed by atoms with Gasteiger partial charge >= 0.3 is 0 Å².